The molecule has 0 spiro atoms. The molecule has 0 aliphatic rings. The van der Waals surface area contributed by atoms with E-state index in [4.69, 9.17) is 23.7 Å². The lowest BCUT2D eigenvalue weighted by atomic mass is 10.2. The van der Waals surface area contributed by atoms with Crippen LogP contribution in [0.5, 0.6) is 0 Å². The van der Waals surface area contributed by atoms with E-state index < -0.39 is 6.67 Å². The number of nitrogens with one attached hydrogen (secondary N) is 1. The van der Waals surface area contributed by atoms with E-state index in [-0.39, 0.29) is 19.2 Å². The van der Waals surface area contributed by atoms with Crippen LogP contribution in [0.4, 0.5) is 10.1 Å². The third kappa shape index (κ3) is 14.0. The normalized spacial score (nSPS) is 10.8. The van der Waals surface area contributed by atoms with Crippen molar-refractivity contribution < 1.29 is 32.9 Å². The third-order valence-corrected chi connectivity index (χ3v) is 3.78. The van der Waals surface area contributed by atoms with Crippen LogP contribution in [-0.2, 0) is 23.7 Å². The average molecular weight is 416 g/mol. The number of hydrogen-bond donors (Lipinski definition) is 1. The molecule has 0 unspecified atom stereocenters. The standard InChI is InChI=1S/C21H34FNO6/c1-2-3-9-23-20-6-4-19(5-7-20)21(24)29-18-17-28-16-15-27-14-13-26-12-11-25-10-8-22/h4-7,23H,2-3,8-18H2,1H3. The predicted octanol–water partition coefficient (Wildman–Crippen LogP) is 3.09. The second-order valence-corrected chi connectivity index (χ2v) is 6.13. The second-order valence-electron chi connectivity index (χ2n) is 6.13. The number of alkyl halides is 1. The number of benzene rings is 1. The highest BCUT2D eigenvalue weighted by molar-refractivity contribution is 5.89. The molecule has 8 heteroatoms. The summed E-state index contributed by atoms with van der Waals surface area (Å²) in [6.45, 7) is 5.74. The zero-order valence-corrected chi connectivity index (χ0v) is 17.3. The Bertz CT molecular complexity index is 514. The summed E-state index contributed by atoms with van der Waals surface area (Å²) in [5, 5.41) is 3.30. The van der Waals surface area contributed by atoms with E-state index in [0.29, 0.717) is 51.8 Å². The van der Waals surface area contributed by atoms with E-state index in [0.717, 1.165) is 25.1 Å². The lowest BCUT2D eigenvalue weighted by Crippen LogP contribution is -2.14. The maximum Gasteiger partial charge on any atom is 0.338 e. The van der Waals surface area contributed by atoms with Crippen LogP contribution < -0.4 is 5.32 Å². The molecule has 0 saturated carbocycles. The molecule has 0 aromatic heterocycles. The summed E-state index contributed by atoms with van der Waals surface area (Å²) in [6, 6.07) is 7.25. The molecule has 0 fully saturated rings. The average Bonchev–Trinajstić information content (AvgIpc) is 2.74. The molecular weight excluding hydrogens is 381 g/mol. The zero-order chi connectivity index (χ0) is 21.0. The largest absolute Gasteiger partial charge is 0.460 e. The molecule has 1 N–H and O–H groups in total. The van der Waals surface area contributed by atoms with E-state index in [9.17, 15) is 9.18 Å². The number of unbranched alkanes of at least 4 members (excludes halogenated alkanes) is 1. The highest BCUT2D eigenvalue weighted by Gasteiger charge is 2.06. The number of halogens is 1. The fraction of sp³-hybridized carbons (Fsp3) is 0.667. The first-order valence-electron chi connectivity index (χ1n) is 10.2. The third-order valence-electron chi connectivity index (χ3n) is 3.78. The first-order chi connectivity index (χ1) is 14.3. The summed E-state index contributed by atoms with van der Waals surface area (Å²) in [5.41, 5.74) is 1.51. The SMILES string of the molecule is CCCCNc1ccc(C(=O)OCCOCCOCCOCCOCCF)cc1. The number of rotatable bonds is 19. The van der Waals surface area contributed by atoms with Gasteiger partial charge in [-0.2, -0.15) is 0 Å². The molecule has 166 valence electrons. The maximum atomic E-state index is 12.0. The highest BCUT2D eigenvalue weighted by Crippen LogP contribution is 2.10. The van der Waals surface area contributed by atoms with E-state index in [1.165, 1.54) is 0 Å². The van der Waals surface area contributed by atoms with Crippen LogP contribution >= 0.6 is 0 Å². The molecule has 1 rings (SSSR count). The van der Waals surface area contributed by atoms with Crippen LogP contribution in [0.25, 0.3) is 0 Å². The van der Waals surface area contributed by atoms with E-state index in [1.807, 2.05) is 12.1 Å². The minimum absolute atomic E-state index is 0.107. The molecular formula is C21H34FNO6. The van der Waals surface area contributed by atoms with Crippen molar-refractivity contribution in [1.29, 1.82) is 0 Å². The molecule has 29 heavy (non-hydrogen) atoms. The van der Waals surface area contributed by atoms with Crippen LogP contribution in [-0.4, -0.2) is 78.7 Å². The van der Waals surface area contributed by atoms with Crippen molar-refractivity contribution in [2.45, 2.75) is 19.8 Å². The number of anilines is 1. The summed E-state index contributed by atoms with van der Waals surface area (Å²) in [4.78, 5) is 12.0. The highest BCUT2D eigenvalue weighted by atomic mass is 19.1. The van der Waals surface area contributed by atoms with Crippen molar-refractivity contribution >= 4 is 11.7 Å². The van der Waals surface area contributed by atoms with Crippen molar-refractivity contribution in [3.8, 4) is 0 Å². The molecule has 7 nitrogen and oxygen atoms in total. The van der Waals surface area contributed by atoms with Gasteiger partial charge in [-0.3, -0.25) is 0 Å². The van der Waals surface area contributed by atoms with Gasteiger partial charge >= 0.3 is 5.97 Å². The van der Waals surface area contributed by atoms with Gasteiger partial charge < -0.3 is 29.0 Å². The van der Waals surface area contributed by atoms with Crippen LogP contribution in [0.15, 0.2) is 24.3 Å². The van der Waals surface area contributed by atoms with Gasteiger partial charge in [0.2, 0.25) is 0 Å². The molecule has 0 heterocycles. The van der Waals surface area contributed by atoms with Gasteiger partial charge in [0.05, 0.1) is 58.4 Å². The maximum absolute atomic E-state index is 12.0. The van der Waals surface area contributed by atoms with Crippen molar-refractivity contribution in [3.05, 3.63) is 29.8 Å². The number of ether oxygens (including phenoxy) is 5. The van der Waals surface area contributed by atoms with Crippen LogP contribution in [0.1, 0.15) is 30.1 Å². The Morgan fingerprint density at radius 3 is 1.86 bits per heavy atom. The fourth-order valence-electron chi connectivity index (χ4n) is 2.23. The fourth-order valence-corrected chi connectivity index (χ4v) is 2.23. The molecule has 0 aliphatic heterocycles. The molecule has 0 bridgehead atoms. The van der Waals surface area contributed by atoms with Crippen LogP contribution in [0, 0.1) is 0 Å². The van der Waals surface area contributed by atoms with E-state index >= 15 is 0 Å². The molecule has 0 saturated heterocycles. The molecule has 1 aromatic rings. The Morgan fingerprint density at radius 2 is 1.34 bits per heavy atom. The lowest BCUT2D eigenvalue weighted by molar-refractivity contribution is -0.00967. The number of carbonyl (C=O) groups is 1. The molecule has 1 aromatic carbocycles. The Kier molecular flexibility index (Phi) is 16.0. The van der Waals surface area contributed by atoms with Crippen molar-refractivity contribution in [2.75, 3.05) is 78.0 Å². The Morgan fingerprint density at radius 1 is 0.828 bits per heavy atom. The van der Waals surface area contributed by atoms with Gasteiger partial charge in [-0.05, 0) is 30.7 Å². The molecule has 0 aliphatic carbocycles. The van der Waals surface area contributed by atoms with Gasteiger partial charge in [0, 0.05) is 12.2 Å². The van der Waals surface area contributed by atoms with E-state index in [1.54, 1.807) is 12.1 Å². The van der Waals surface area contributed by atoms with Crippen molar-refractivity contribution in [3.63, 3.8) is 0 Å². The number of hydrogen-bond acceptors (Lipinski definition) is 7. The second kappa shape index (κ2) is 18.3. The summed E-state index contributed by atoms with van der Waals surface area (Å²) in [6.07, 6.45) is 2.25. The lowest BCUT2D eigenvalue weighted by Gasteiger charge is -2.08. The summed E-state index contributed by atoms with van der Waals surface area (Å²) < 4.78 is 37.8. The molecule has 0 amide bonds. The van der Waals surface area contributed by atoms with Gasteiger partial charge in [0.25, 0.3) is 0 Å². The van der Waals surface area contributed by atoms with Gasteiger partial charge in [0.15, 0.2) is 0 Å². The quantitative estimate of drug-likeness (QED) is 0.275. The summed E-state index contributed by atoms with van der Waals surface area (Å²) in [5.74, 6) is -0.363. The summed E-state index contributed by atoms with van der Waals surface area (Å²) in [7, 11) is 0. The monoisotopic (exact) mass is 415 g/mol. The number of esters is 1. The first-order valence-corrected chi connectivity index (χ1v) is 10.2. The summed E-state index contributed by atoms with van der Waals surface area (Å²) >= 11 is 0. The predicted molar refractivity (Wildman–Crippen MR) is 109 cm³/mol. The van der Waals surface area contributed by atoms with E-state index in [2.05, 4.69) is 12.2 Å². The molecule has 0 radical (unpaired) electrons. The zero-order valence-electron chi connectivity index (χ0n) is 17.3. The van der Waals surface area contributed by atoms with Crippen molar-refractivity contribution in [1.82, 2.24) is 0 Å². The first kappa shape index (κ1) is 25.3. The van der Waals surface area contributed by atoms with Gasteiger partial charge in [-0.15, -0.1) is 0 Å². The van der Waals surface area contributed by atoms with Crippen LogP contribution in [0.2, 0.25) is 0 Å². The minimum atomic E-state index is -0.480. The Labute approximate surface area is 172 Å². The van der Waals surface area contributed by atoms with Crippen LogP contribution in [0.3, 0.4) is 0 Å². The number of carbonyl (C=O) groups excluding carboxylic acids is 1. The van der Waals surface area contributed by atoms with Gasteiger partial charge in [0.1, 0.15) is 13.3 Å². The van der Waals surface area contributed by atoms with Crippen molar-refractivity contribution in [2.24, 2.45) is 0 Å². The Balaban J connectivity index is 1.93. The topological polar surface area (TPSA) is 75.3 Å². The minimum Gasteiger partial charge on any atom is -0.460 e. The molecule has 0 atom stereocenters. The van der Waals surface area contributed by atoms with Gasteiger partial charge in [-0.1, -0.05) is 13.3 Å². The Hall–Kier alpha value is -1.74. The van der Waals surface area contributed by atoms with Gasteiger partial charge in [-0.25, -0.2) is 9.18 Å². The smallest absolute Gasteiger partial charge is 0.338 e.